The van der Waals surface area contributed by atoms with Gasteiger partial charge in [0.2, 0.25) is 0 Å². The van der Waals surface area contributed by atoms with E-state index in [0.29, 0.717) is 5.82 Å². The van der Waals surface area contributed by atoms with Crippen LogP contribution in [0.4, 0.5) is 17.3 Å². The fourth-order valence-corrected chi connectivity index (χ4v) is 1.77. The lowest BCUT2D eigenvalue weighted by molar-refractivity contribution is 1.28. The van der Waals surface area contributed by atoms with E-state index in [0.717, 1.165) is 17.1 Å². The Bertz CT molecular complexity index is 693. The fourth-order valence-electron chi connectivity index (χ4n) is 1.77. The third kappa shape index (κ3) is 4.45. The molecule has 0 bridgehead atoms. The number of anilines is 3. The summed E-state index contributed by atoms with van der Waals surface area (Å²) in [6, 6.07) is 12.9. The predicted octanol–water partition coefficient (Wildman–Crippen LogP) is 3.14. The molecule has 0 saturated carbocycles. The number of nitrogens with zero attached hydrogens (tertiary/aromatic N) is 1. The van der Waals surface area contributed by atoms with Gasteiger partial charge >= 0.3 is 0 Å². The average molecular weight is 294 g/mol. The van der Waals surface area contributed by atoms with Gasteiger partial charge in [-0.3, -0.25) is 5.41 Å². The van der Waals surface area contributed by atoms with Crippen molar-refractivity contribution in [1.82, 2.24) is 4.98 Å². The molecule has 2 rings (SSSR count). The zero-order valence-corrected chi connectivity index (χ0v) is 12.2. The van der Waals surface area contributed by atoms with Crippen molar-refractivity contribution in [2.24, 2.45) is 0 Å². The average Bonchev–Trinajstić information content (AvgIpc) is 2.55. The van der Waals surface area contributed by atoms with Gasteiger partial charge < -0.3 is 21.4 Å². The standard InChI is InChI=1S/C16H18N6/c1-19-15-6-3-7-16(22-15)20-9-8-14(18)21-13-5-2-4-12(10-13)11-17/h2-11,17H,1H3,(H2,18,21)(H2,19,20,22)/b9-8-,17-11?. The highest BCUT2D eigenvalue weighted by atomic mass is 15.0. The number of aromatic nitrogens is 1. The second-order valence-corrected chi connectivity index (χ2v) is 4.44. The zero-order chi connectivity index (χ0) is 15.8. The van der Waals surface area contributed by atoms with Crippen molar-refractivity contribution in [3.8, 4) is 0 Å². The first kappa shape index (κ1) is 15.2. The van der Waals surface area contributed by atoms with E-state index in [9.17, 15) is 0 Å². The second-order valence-electron chi connectivity index (χ2n) is 4.44. The summed E-state index contributed by atoms with van der Waals surface area (Å²) in [4.78, 5) is 4.31. The molecular formula is C16H18N6. The van der Waals surface area contributed by atoms with Gasteiger partial charge in [0.1, 0.15) is 17.5 Å². The van der Waals surface area contributed by atoms with Crippen molar-refractivity contribution in [3.05, 3.63) is 60.3 Å². The molecule has 0 saturated heterocycles. The second kappa shape index (κ2) is 7.58. The molecule has 0 aliphatic rings. The first-order valence-corrected chi connectivity index (χ1v) is 6.75. The molecule has 0 spiro atoms. The van der Waals surface area contributed by atoms with Crippen molar-refractivity contribution < 1.29 is 0 Å². The molecule has 0 radical (unpaired) electrons. The van der Waals surface area contributed by atoms with Gasteiger partial charge in [0.25, 0.3) is 0 Å². The monoisotopic (exact) mass is 294 g/mol. The minimum atomic E-state index is 0.236. The highest BCUT2D eigenvalue weighted by molar-refractivity contribution is 6.02. The summed E-state index contributed by atoms with van der Waals surface area (Å²) in [7, 11) is 1.81. The van der Waals surface area contributed by atoms with Crippen LogP contribution >= 0.6 is 0 Å². The van der Waals surface area contributed by atoms with E-state index < -0.39 is 0 Å². The largest absolute Gasteiger partial charge is 0.373 e. The Morgan fingerprint density at radius 3 is 2.68 bits per heavy atom. The Labute approximate surface area is 129 Å². The molecule has 0 fully saturated rings. The van der Waals surface area contributed by atoms with Gasteiger partial charge in [-0.1, -0.05) is 18.2 Å². The van der Waals surface area contributed by atoms with E-state index in [-0.39, 0.29) is 5.84 Å². The number of rotatable bonds is 6. The molecule has 6 heteroatoms. The summed E-state index contributed by atoms with van der Waals surface area (Å²) in [6.07, 6.45) is 4.52. The van der Waals surface area contributed by atoms with Gasteiger partial charge in [0.05, 0.1) is 0 Å². The molecule has 1 aromatic heterocycles. The van der Waals surface area contributed by atoms with Crippen molar-refractivity contribution in [3.63, 3.8) is 0 Å². The van der Waals surface area contributed by atoms with Crippen molar-refractivity contribution in [2.45, 2.75) is 0 Å². The lowest BCUT2D eigenvalue weighted by Crippen LogP contribution is -2.08. The van der Waals surface area contributed by atoms with Crippen LogP contribution in [0.25, 0.3) is 0 Å². The van der Waals surface area contributed by atoms with Gasteiger partial charge in [-0.25, -0.2) is 4.98 Å². The molecule has 0 unspecified atom stereocenters. The lowest BCUT2D eigenvalue weighted by Gasteiger charge is -2.06. The molecule has 0 amide bonds. The van der Waals surface area contributed by atoms with Crippen LogP contribution in [0.5, 0.6) is 0 Å². The third-order valence-corrected chi connectivity index (χ3v) is 2.82. The van der Waals surface area contributed by atoms with Crippen LogP contribution in [0.3, 0.4) is 0 Å². The Morgan fingerprint density at radius 2 is 1.91 bits per heavy atom. The molecule has 2 aromatic rings. The molecule has 6 nitrogen and oxygen atoms in total. The van der Waals surface area contributed by atoms with E-state index in [2.05, 4.69) is 20.9 Å². The number of pyridine rings is 1. The number of nitrogens with one attached hydrogen (secondary N) is 5. The lowest BCUT2D eigenvalue weighted by atomic mass is 10.2. The Kier molecular flexibility index (Phi) is 5.25. The number of amidine groups is 1. The van der Waals surface area contributed by atoms with Gasteiger partial charge in [-0.15, -0.1) is 0 Å². The summed E-state index contributed by atoms with van der Waals surface area (Å²) < 4.78 is 0. The number of benzene rings is 1. The highest BCUT2D eigenvalue weighted by Gasteiger charge is 1.96. The molecule has 0 aliphatic carbocycles. The van der Waals surface area contributed by atoms with Gasteiger partial charge in [0, 0.05) is 25.1 Å². The Hall–Kier alpha value is -3.15. The fraction of sp³-hybridized carbons (Fsp3) is 0.0625. The first-order valence-electron chi connectivity index (χ1n) is 6.75. The van der Waals surface area contributed by atoms with E-state index in [1.54, 1.807) is 18.3 Å². The molecule has 5 N–H and O–H groups in total. The van der Waals surface area contributed by atoms with E-state index in [1.807, 2.05) is 43.4 Å². The summed E-state index contributed by atoms with van der Waals surface area (Å²) in [5.74, 6) is 1.70. The highest BCUT2D eigenvalue weighted by Crippen LogP contribution is 2.10. The first-order chi connectivity index (χ1) is 10.7. The van der Waals surface area contributed by atoms with E-state index >= 15 is 0 Å². The van der Waals surface area contributed by atoms with Crippen molar-refractivity contribution in [2.75, 3.05) is 23.0 Å². The smallest absolute Gasteiger partial charge is 0.132 e. The normalized spacial score (nSPS) is 10.2. The van der Waals surface area contributed by atoms with Crippen LogP contribution in [-0.2, 0) is 0 Å². The minimum Gasteiger partial charge on any atom is -0.373 e. The zero-order valence-electron chi connectivity index (χ0n) is 12.2. The summed E-state index contributed by atoms with van der Waals surface area (Å²) in [5.41, 5.74) is 1.55. The van der Waals surface area contributed by atoms with Crippen molar-refractivity contribution >= 4 is 29.4 Å². The molecule has 112 valence electrons. The topological polar surface area (TPSA) is 96.7 Å². The SMILES string of the molecule is CNc1cccc(N/C=C\C(=N)Nc2cccc(C=N)c2)n1. The molecule has 1 aromatic carbocycles. The van der Waals surface area contributed by atoms with Gasteiger partial charge in [-0.05, 0) is 35.9 Å². The van der Waals surface area contributed by atoms with Crippen LogP contribution in [0.2, 0.25) is 0 Å². The van der Waals surface area contributed by atoms with Crippen LogP contribution in [0, 0.1) is 10.8 Å². The summed E-state index contributed by atoms with van der Waals surface area (Å²) in [6.45, 7) is 0. The number of hydrogen-bond acceptors (Lipinski definition) is 5. The van der Waals surface area contributed by atoms with Gasteiger partial charge in [-0.2, -0.15) is 0 Å². The molecule has 22 heavy (non-hydrogen) atoms. The summed E-state index contributed by atoms with van der Waals surface area (Å²) >= 11 is 0. The maximum atomic E-state index is 7.87. The van der Waals surface area contributed by atoms with Gasteiger partial charge in [0.15, 0.2) is 0 Å². The molecule has 1 heterocycles. The molecule has 0 aliphatic heterocycles. The molecule has 0 atom stereocenters. The van der Waals surface area contributed by atoms with Crippen LogP contribution in [0.1, 0.15) is 5.56 Å². The predicted molar refractivity (Wildman–Crippen MR) is 92.2 cm³/mol. The number of hydrogen-bond donors (Lipinski definition) is 5. The maximum Gasteiger partial charge on any atom is 0.132 e. The van der Waals surface area contributed by atoms with E-state index in [1.165, 1.54) is 6.21 Å². The Morgan fingerprint density at radius 1 is 1.14 bits per heavy atom. The summed E-state index contributed by atoms with van der Waals surface area (Å²) in [5, 5.41) is 24.0. The van der Waals surface area contributed by atoms with Crippen LogP contribution in [0.15, 0.2) is 54.7 Å². The maximum absolute atomic E-state index is 7.87. The molecular weight excluding hydrogens is 276 g/mol. The van der Waals surface area contributed by atoms with E-state index in [4.69, 9.17) is 10.8 Å². The van der Waals surface area contributed by atoms with Crippen LogP contribution < -0.4 is 16.0 Å². The third-order valence-electron chi connectivity index (χ3n) is 2.82. The Balaban J connectivity index is 1.92. The van der Waals surface area contributed by atoms with Crippen LogP contribution in [-0.4, -0.2) is 24.1 Å². The van der Waals surface area contributed by atoms with Crippen molar-refractivity contribution in [1.29, 1.82) is 10.8 Å². The minimum absolute atomic E-state index is 0.236. The quantitative estimate of drug-likeness (QED) is 0.417.